The van der Waals surface area contributed by atoms with E-state index in [-0.39, 0.29) is 6.61 Å². The largest absolute Gasteiger partial charge is 0.384 e. The molecule has 14 heavy (non-hydrogen) atoms. The molecule has 0 spiro atoms. The van der Waals surface area contributed by atoms with Gasteiger partial charge in [0.25, 0.3) is 0 Å². The monoisotopic (exact) mass is 186 g/mol. The molecule has 2 rings (SSSR count). The third-order valence-electron chi connectivity index (χ3n) is 2.07. The van der Waals surface area contributed by atoms with E-state index in [1.54, 1.807) is 0 Å². The lowest BCUT2D eigenvalue weighted by Gasteiger charge is -1.93. The number of imidazole rings is 1. The summed E-state index contributed by atoms with van der Waals surface area (Å²) in [5.41, 5.74) is 1.98. The first-order valence-electron chi connectivity index (χ1n) is 4.34. The van der Waals surface area contributed by atoms with E-state index < -0.39 is 0 Å². The van der Waals surface area contributed by atoms with Crippen LogP contribution in [0.2, 0.25) is 0 Å². The van der Waals surface area contributed by atoms with Gasteiger partial charge in [-0.25, -0.2) is 4.98 Å². The number of fused-ring (bicyclic) bond motifs is 1. The Morgan fingerprint density at radius 1 is 1.43 bits per heavy atom. The third kappa shape index (κ3) is 1.36. The maximum absolute atomic E-state index is 8.58. The van der Waals surface area contributed by atoms with Gasteiger partial charge in [-0.15, -0.1) is 0 Å². The molecular weight excluding hydrogens is 176 g/mol. The van der Waals surface area contributed by atoms with Crippen LogP contribution in [0.1, 0.15) is 5.82 Å². The van der Waals surface area contributed by atoms with Gasteiger partial charge in [0.05, 0.1) is 11.0 Å². The molecular formula is C11H10N2O. The summed E-state index contributed by atoms with van der Waals surface area (Å²) >= 11 is 0. The fourth-order valence-electron chi connectivity index (χ4n) is 1.38. The summed E-state index contributed by atoms with van der Waals surface area (Å²) in [6.45, 7) is -0.136. The molecule has 0 saturated heterocycles. The maximum atomic E-state index is 8.58. The molecule has 0 unspecified atom stereocenters. The summed E-state index contributed by atoms with van der Waals surface area (Å²) < 4.78 is 1.91. The molecule has 0 saturated carbocycles. The quantitative estimate of drug-likeness (QED) is 0.621. The SMILES string of the molecule is Cn1c(C#CCO)nc2ccccc21. The summed E-state index contributed by atoms with van der Waals surface area (Å²) in [5.74, 6) is 6.07. The number of aliphatic hydroxyl groups excluding tert-OH is 1. The highest BCUT2D eigenvalue weighted by molar-refractivity contribution is 5.76. The molecule has 0 aliphatic carbocycles. The maximum Gasteiger partial charge on any atom is 0.186 e. The summed E-state index contributed by atoms with van der Waals surface area (Å²) in [6, 6.07) is 7.85. The molecule has 1 heterocycles. The molecule has 2 aromatic rings. The fourth-order valence-corrected chi connectivity index (χ4v) is 1.38. The molecule has 0 fully saturated rings. The van der Waals surface area contributed by atoms with Crippen molar-refractivity contribution in [3.05, 3.63) is 30.1 Å². The zero-order valence-corrected chi connectivity index (χ0v) is 7.86. The smallest absolute Gasteiger partial charge is 0.186 e. The van der Waals surface area contributed by atoms with E-state index in [4.69, 9.17) is 5.11 Å². The number of aliphatic hydroxyl groups is 1. The van der Waals surface area contributed by atoms with Crippen molar-refractivity contribution >= 4 is 11.0 Å². The van der Waals surface area contributed by atoms with Crippen LogP contribution in [0.4, 0.5) is 0 Å². The average molecular weight is 186 g/mol. The topological polar surface area (TPSA) is 38.0 Å². The Hall–Kier alpha value is -1.79. The Labute approximate surface area is 82.0 Å². The van der Waals surface area contributed by atoms with E-state index >= 15 is 0 Å². The van der Waals surface area contributed by atoms with Gasteiger partial charge in [0.2, 0.25) is 0 Å². The van der Waals surface area contributed by atoms with Crippen LogP contribution in [0.25, 0.3) is 11.0 Å². The van der Waals surface area contributed by atoms with Crippen molar-refractivity contribution in [1.82, 2.24) is 9.55 Å². The molecule has 1 N–H and O–H groups in total. The van der Waals surface area contributed by atoms with E-state index in [9.17, 15) is 0 Å². The Morgan fingerprint density at radius 3 is 2.93 bits per heavy atom. The van der Waals surface area contributed by atoms with Crippen LogP contribution in [0.15, 0.2) is 24.3 Å². The Balaban J connectivity index is 2.62. The van der Waals surface area contributed by atoms with E-state index in [1.165, 1.54) is 0 Å². The first kappa shape index (κ1) is 8.79. The summed E-state index contributed by atoms with van der Waals surface area (Å²) in [4.78, 5) is 4.33. The van der Waals surface area contributed by atoms with Crippen LogP contribution >= 0.6 is 0 Å². The van der Waals surface area contributed by atoms with Crippen molar-refractivity contribution in [2.75, 3.05) is 6.61 Å². The van der Waals surface area contributed by atoms with Crippen molar-refractivity contribution in [2.24, 2.45) is 7.05 Å². The first-order valence-corrected chi connectivity index (χ1v) is 4.34. The number of aromatic nitrogens is 2. The zero-order chi connectivity index (χ0) is 9.97. The van der Waals surface area contributed by atoms with Crippen LogP contribution in [0, 0.1) is 11.8 Å². The lowest BCUT2D eigenvalue weighted by molar-refractivity contribution is 0.350. The van der Waals surface area contributed by atoms with Gasteiger partial charge in [-0.2, -0.15) is 0 Å². The second-order valence-corrected chi connectivity index (χ2v) is 2.94. The molecule has 0 aliphatic heterocycles. The highest BCUT2D eigenvalue weighted by Gasteiger charge is 2.02. The highest BCUT2D eigenvalue weighted by atomic mass is 16.2. The van der Waals surface area contributed by atoms with Gasteiger partial charge in [0.15, 0.2) is 5.82 Å². The van der Waals surface area contributed by atoms with Crippen LogP contribution < -0.4 is 0 Å². The molecule has 0 amide bonds. The minimum absolute atomic E-state index is 0.136. The average Bonchev–Trinajstić information content (AvgIpc) is 2.54. The summed E-state index contributed by atoms with van der Waals surface area (Å²) in [7, 11) is 1.91. The molecule has 3 heteroatoms. The minimum Gasteiger partial charge on any atom is -0.384 e. The second kappa shape index (κ2) is 3.52. The summed E-state index contributed by atoms with van der Waals surface area (Å²) in [6.07, 6.45) is 0. The lowest BCUT2D eigenvalue weighted by atomic mass is 10.3. The van der Waals surface area contributed by atoms with Crippen LogP contribution in [0.5, 0.6) is 0 Å². The van der Waals surface area contributed by atoms with Crippen molar-refractivity contribution in [2.45, 2.75) is 0 Å². The predicted molar refractivity (Wildman–Crippen MR) is 54.7 cm³/mol. The van der Waals surface area contributed by atoms with Gasteiger partial charge in [0.1, 0.15) is 6.61 Å². The fraction of sp³-hybridized carbons (Fsp3) is 0.182. The number of rotatable bonds is 0. The first-order chi connectivity index (χ1) is 6.83. The predicted octanol–water partition coefficient (Wildman–Crippen LogP) is 0.917. The van der Waals surface area contributed by atoms with Gasteiger partial charge in [-0.3, -0.25) is 0 Å². The number of para-hydroxylation sites is 2. The van der Waals surface area contributed by atoms with E-state index in [2.05, 4.69) is 16.8 Å². The molecule has 0 aliphatic rings. The van der Waals surface area contributed by atoms with Gasteiger partial charge < -0.3 is 9.67 Å². The third-order valence-corrected chi connectivity index (χ3v) is 2.07. The Morgan fingerprint density at radius 2 is 2.21 bits per heavy atom. The van der Waals surface area contributed by atoms with Crippen molar-refractivity contribution in [3.63, 3.8) is 0 Å². The molecule has 70 valence electrons. The van der Waals surface area contributed by atoms with Crippen molar-refractivity contribution in [1.29, 1.82) is 0 Å². The van der Waals surface area contributed by atoms with Crippen LogP contribution in [0.3, 0.4) is 0 Å². The Kier molecular flexibility index (Phi) is 2.21. The molecule has 1 aromatic heterocycles. The van der Waals surface area contributed by atoms with Crippen molar-refractivity contribution < 1.29 is 5.11 Å². The van der Waals surface area contributed by atoms with Gasteiger partial charge >= 0.3 is 0 Å². The number of hydrogen-bond donors (Lipinski definition) is 1. The second-order valence-electron chi connectivity index (χ2n) is 2.94. The lowest BCUT2D eigenvalue weighted by Crippen LogP contribution is -1.92. The van der Waals surface area contributed by atoms with E-state index in [0.29, 0.717) is 5.82 Å². The molecule has 0 atom stereocenters. The molecule has 0 bridgehead atoms. The standard InChI is InChI=1S/C11H10N2O/c1-13-10-6-3-2-5-9(10)12-11(13)7-4-8-14/h2-3,5-6,14H,8H2,1H3. The van der Waals surface area contributed by atoms with Gasteiger partial charge in [-0.05, 0) is 18.1 Å². The zero-order valence-electron chi connectivity index (χ0n) is 7.86. The van der Waals surface area contributed by atoms with E-state index in [1.807, 2.05) is 35.9 Å². The van der Waals surface area contributed by atoms with E-state index in [0.717, 1.165) is 11.0 Å². The van der Waals surface area contributed by atoms with Crippen LogP contribution in [-0.4, -0.2) is 21.3 Å². The van der Waals surface area contributed by atoms with Crippen molar-refractivity contribution in [3.8, 4) is 11.8 Å². The summed E-state index contributed by atoms with van der Waals surface area (Å²) in [5, 5.41) is 8.58. The van der Waals surface area contributed by atoms with Gasteiger partial charge in [0, 0.05) is 7.05 Å². The minimum atomic E-state index is -0.136. The molecule has 1 aromatic carbocycles. The van der Waals surface area contributed by atoms with Gasteiger partial charge in [-0.1, -0.05) is 18.1 Å². The normalized spacial score (nSPS) is 9.86. The molecule has 3 nitrogen and oxygen atoms in total. The number of benzene rings is 1. The number of nitrogens with zero attached hydrogens (tertiary/aromatic N) is 2. The number of hydrogen-bond acceptors (Lipinski definition) is 2. The van der Waals surface area contributed by atoms with Crippen LogP contribution in [-0.2, 0) is 7.05 Å². The number of aryl methyl sites for hydroxylation is 1. The Bertz CT molecular complexity index is 517. The highest BCUT2D eigenvalue weighted by Crippen LogP contribution is 2.12. The molecule has 0 radical (unpaired) electrons.